The molecule has 1 saturated heterocycles. The van der Waals surface area contributed by atoms with Crippen molar-refractivity contribution in [3.63, 3.8) is 0 Å². The monoisotopic (exact) mass is 382 g/mol. The van der Waals surface area contributed by atoms with Crippen LogP contribution in [0.2, 0.25) is 5.02 Å². The second-order valence-electron chi connectivity index (χ2n) is 7.02. The van der Waals surface area contributed by atoms with Gasteiger partial charge in [-0.3, -0.25) is 4.79 Å². The van der Waals surface area contributed by atoms with Crippen molar-refractivity contribution in [1.82, 2.24) is 9.80 Å². The molecule has 1 aromatic rings. The Kier molecular flexibility index (Phi) is 8.04. The third-order valence-corrected chi connectivity index (χ3v) is 4.95. The van der Waals surface area contributed by atoms with Gasteiger partial charge in [0.05, 0.1) is 18.2 Å². The molecule has 1 atom stereocenters. The zero-order valence-corrected chi connectivity index (χ0v) is 17.1. The number of nitrogens with zero attached hydrogens (tertiary/aromatic N) is 2. The number of rotatable bonds is 9. The second-order valence-corrected chi connectivity index (χ2v) is 7.43. The molecule has 0 saturated carbocycles. The lowest BCUT2D eigenvalue weighted by Gasteiger charge is -2.22. The molecule has 5 nitrogen and oxygen atoms in total. The fourth-order valence-electron chi connectivity index (χ4n) is 3.28. The highest BCUT2D eigenvalue weighted by atomic mass is 35.5. The van der Waals surface area contributed by atoms with Crippen molar-refractivity contribution in [1.29, 1.82) is 0 Å². The summed E-state index contributed by atoms with van der Waals surface area (Å²) >= 11 is 6.40. The molecule has 0 bridgehead atoms. The Morgan fingerprint density at radius 3 is 2.73 bits per heavy atom. The van der Waals surface area contributed by atoms with E-state index in [4.69, 9.17) is 21.1 Å². The lowest BCUT2D eigenvalue weighted by atomic mass is 10.1. The van der Waals surface area contributed by atoms with Crippen LogP contribution >= 0.6 is 11.6 Å². The van der Waals surface area contributed by atoms with Crippen LogP contribution in [0.3, 0.4) is 0 Å². The average molecular weight is 383 g/mol. The molecule has 1 unspecified atom stereocenters. The van der Waals surface area contributed by atoms with Crippen molar-refractivity contribution in [2.75, 3.05) is 46.9 Å². The Hall–Kier alpha value is -1.46. The number of ether oxygens (including phenoxy) is 2. The molecule has 0 spiro atoms. The molecular weight excluding hydrogens is 352 g/mol. The van der Waals surface area contributed by atoms with Gasteiger partial charge >= 0.3 is 0 Å². The summed E-state index contributed by atoms with van der Waals surface area (Å²) in [5.41, 5.74) is 0.537. The molecule has 6 heteroatoms. The smallest absolute Gasteiger partial charge is 0.253 e. The van der Waals surface area contributed by atoms with Gasteiger partial charge in [0.15, 0.2) is 11.5 Å². The molecule has 0 aliphatic carbocycles. The van der Waals surface area contributed by atoms with E-state index in [2.05, 4.69) is 18.9 Å². The maximum atomic E-state index is 12.9. The van der Waals surface area contributed by atoms with Gasteiger partial charge in [-0.05, 0) is 51.4 Å². The molecule has 2 rings (SSSR count). The predicted molar refractivity (Wildman–Crippen MR) is 106 cm³/mol. The molecule has 1 aliphatic heterocycles. The summed E-state index contributed by atoms with van der Waals surface area (Å²) in [6, 6.07) is 3.43. The summed E-state index contributed by atoms with van der Waals surface area (Å²) < 4.78 is 11.5. The Balaban J connectivity index is 2.12. The van der Waals surface area contributed by atoms with E-state index in [-0.39, 0.29) is 5.91 Å². The van der Waals surface area contributed by atoms with Gasteiger partial charge in [0.25, 0.3) is 5.91 Å². The fraction of sp³-hybridized carbons (Fsp3) is 0.650. The number of unbranched alkanes of at least 4 members (excludes halogenated alkanes) is 1. The molecule has 26 heavy (non-hydrogen) atoms. The van der Waals surface area contributed by atoms with Gasteiger partial charge in [-0.1, -0.05) is 24.9 Å². The van der Waals surface area contributed by atoms with Crippen molar-refractivity contribution in [3.05, 3.63) is 22.7 Å². The van der Waals surface area contributed by atoms with E-state index in [9.17, 15) is 4.79 Å². The fourth-order valence-corrected chi connectivity index (χ4v) is 3.54. The largest absolute Gasteiger partial charge is 0.490 e. The van der Waals surface area contributed by atoms with Crippen LogP contribution in [-0.4, -0.2) is 62.7 Å². The molecule has 0 aromatic heterocycles. The van der Waals surface area contributed by atoms with Crippen molar-refractivity contribution >= 4 is 17.5 Å². The van der Waals surface area contributed by atoms with Gasteiger partial charge in [-0.2, -0.15) is 0 Å². The lowest BCUT2D eigenvalue weighted by molar-refractivity contribution is 0.0773. The van der Waals surface area contributed by atoms with Gasteiger partial charge in [-0.15, -0.1) is 0 Å². The first-order valence-corrected chi connectivity index (χ1v) is 9.87. The third kappa shape index (κ3) is 5.52. The van der Waals surface area contributed by atoms with Crippen LogP contribution in [0, 0.1) is 5.92 Å². The van der Waals surface area contributed by atoms with Crippen LogP contribution in [0.15, 0.2) is 12.1 Å². The normalized spacial score (nSPS) is 17.3. The van der Waals surface area contributed by atoms with E-state index in [0.717, 1.165) is 38.9 Å². The highest BCUT2D eigenvalue weighted by molar-refractivity contribution is 6.32. The number of amides is 1. The van der Waals surface area contributed by atoms with Crippen LogP contribution in [0.25, 0.3) is 0 Å². The molecule has 1 amide bonds. The predicted octanol–water partition coefficient (Wildman–Crippen LogP) is 3.94. The molecule has 1 heterocycles. The molecule has 146 valence electrons. The van der Waals surface area contributed by atoms with Crippen LogP contribution in [-0.2, 0) is 0 Å². The average Bonchev–Trinajstić information content (AvgIpc) is 3.01. The number of carbonyl (C=O) groups is 1. The quantitative estimate of drug-likeness (QED) is 0.606. The van der Waals surface area contributed by atoms with Crippen molar-refractivity contribution in [3.8, 4) is 11.5 Å². The van der Waals surface area contributed by atoms with Gasteiger partial charge < -0.3 is 19.3 Å². The lowest BCUT2D eigenvalue weighted by Crippen LogP contribution is -2.32. The SMILES string of the molecule is CCCCOc1c(Cl)cc(C(=O)N(C)CC2CCN(C)C2)cc1OCC. The maximum Gasteiger partial charge on any atom is 0.253 e. The summed E-state index contributed by atoms with van der Waals surface area (Å²) in [6.45, 7) is 7.96. The summed E-state index contributed by atoms with van der Waals surface area (Å²) in [6.07, 6.45) is 3.11. The van der Waals surface area contributed by atoms with E-state index in [1.54, 1.807) is 17.0 Å². The van der Waals surface area contributed by atoms with Crippen LogP contribution in [0.1, 0.15) is 43.5 Å². The number of carbonyl (C=O) groups excluding carboxylic acids is 1. The highest BCUT2D eigenvalue weighted by Gasteiger charge is 2.24. The summed E-state index contributed by atoms with van der Waals surface area (Å²) in [7, 11) is 3.97. The molecular formula is C20H31ClN2O3. The topological polar surface area (TPSA) is 42.0 Å². The van der Waals surface area contributed by atoms with Gasteiger partial charge in [-0.25, -0.2) is 0 Å². The van der Waals surface area contributed by atoms with Crippen LogP contribution in [0.4, 0.5) is 0 Å². The Morgan fingerprint density at radius 1 is 1.35 bits per heavy atom. The first-order chi connectivity index (χ1) is 12.5. The van der Waals surface area contributed by atoms with E-state index < -0.39 is 0 Å². The summed E-state index contributed by atoms with van der Waals surface area (Å²) in [5.74, 6) is 1.54. The summed E-state index contributed by atoms with van der Waals surface area (Å²) in [5, 5.41) is 0.421. The van der Waals surface area contributed by atoms with Crippen molar-refractivity contribution < 1.29 is 14.3 Å². The van der Waals surface area contributed by atoms with E-state index >= 15 is 0 Å². The number of halogens is 1. The zero-order valence-electron chi connectivity index (χ0n) is 16.4. The second kappa shape index (κ2) is 10.0. The minimum absolute atomic E-state index is 0.0393. The van der Waals surface area contributed by atoms with Crippen LogP contribution < -0.4 is 9.47 Å². The molecule has 0 N–H and O–H groups in total. The number of benzene rings is 1. The van der Waals surface area contributed by atoms with Crippen molar-refractivity contribution in [2.45, 2.75) is 33.1 Å². The molecule has 0 radical (unpaired) electrons. The number of likely N-dealkylation sites (tertiary alicyclic amines) is 1. The zero-order chi connectivity index (χ0) is 19.1. The third-order valence-electron chi connectivity index (χ3n) is 4.67. The first-order valence-electron chi connectivity index (χ1n) is 9.49. The van der Waals surface area contributed by atoms with Gasteiger partial charge in [0, 0.05) is 25.7 Å². The number of hydrogen-bond acceptors (Lipinski definition) is 4. The highest BCUT2D eigenvalue weighted by Crippen LogP contribution is 2.37. The Morgan fingerprint density at radius 2 is 2.12 bits per heavy atom. The standard InChI is InChI=1S/C20H31ClN2O3/c1-5-7-10-26-19-17(21)11-16(12-18(19)25-6-2)20(24)23(4)14-15-8-9-22(3)13-15/h11-12,15H,5-10,13-14H2,1-4H3. The minimum Gasteiger partial charge on any atom is -0.490 e. The van der Waals surface area contributed by atoms with E-state index in [0.29, 0.717) is 41.2 Å². The molecule has 1 aromatic carbocycles. The maximum absolute atomic E-state index is 12.9. The van der Waals surface area contributed by atoms with Gasteiger partial charge in [0.2, 0.25) is 0 Å². The first kappa shape index (κ1) is 20.8. The minimum atomic E-state index is -0.0393. The van der Waals surface area contributed by atoms with Crippen LogP contribution in [0.5, 0.6) is 11.5 Å². The van der Waals surface area contributed by atoms with Gasteiger partial charge in [0.1, 0.15) is 0 Å². The number of hydrogen-bond donors (Lipinski definition) is 0. The summed E-state index contributed by atoms with van der Waals surface area (Å²) in [4.78, 5) is 16.9. The molecule has 1 fully saturated rings. The Bertz CT molecular complexity index is 609. The van der Waals surface area contributed by atoms with Crippen molar-refractivity contribution in [2.24, 2.45) is 5.92 Å². The van der Waals surface area contributed by atoms with E-state index in [1.807, 2.05) is 14.0 Å². The molecule has 1 aliphatic rings. The van der Waals surface area contributed by atoms with E-state index in [1.165, 1.54) is 0 Å². The Labute approximate surface area is 162 Å².